The summed E-state index contributed by atoms with van der Waals surface area (Å²) in [6.07, 6.45) is 0.916. The van der Waals surface area contributed by atoms with Gasteiger partial charge in [0.05, 0.1) is 5.60 Å². The maximum absolute atomic E-state index is 10.1. The van der Waals surface area contributed by atoms with Crippen LogP contribution in [0.1, 0.15) is 12.0 Å². The van der Waals surface area contributed by atoms with Crippen molar-refractivity contribution in [2.75, 3.05) is 18.1 Å². The fourth-order valence-corrected chi connectivity index (χ4v) is 3.07. The molecule has 1 aliphatic rings. The third-order valence-electron chi connectivity index (χ3n) is 2.71. The molecule has 0 amide bonds. The highest BCUT2D eigenvalue weighted by Crippen LogP contribution is 2.26. The minimum Gasteiger partial charge on any atom is -0.388 e. The van der Waals surface area contributed by atoms with Gasteiger partial charge in [0, 0.05) is 18.8 Å². The van der Waals surface area contributed by atoms with Crippen LogP contribution in [0.15, 0.2) is 30.3 Å². The molecule has 0 saturated carbocycles. The van der Waals surface area contributed by atoms with Crippen LogP contribution in [0.4, 0.5) is 0 Å². The van der Waals surface area contributed by atoms with E-state index in [9.17, 15) is 5.11 Å². The van der Waals surface area contributed by atoms with Gasteiger partial charge in [-0.1, -0.05) is 30.3 Å². The highest BCUT2D eigenvalue weighted by molar-refractivity contribution is 7.99. The summed E-state index contributed by atoms with van der Waals surface area (Å²) < 4.78 is 0. The van der Waals surface area contributed by atoms with Crippen molar-refractivity contribution < 1.29 is 5.11 Å². The molecule has 0 bridgehead atoms. The van der Waals surface area contributed by atoms with Crippen LogP contribution in [0.2, 0.25) is 0 Å². The fraction of sp³-hybridized carbons (Fsp3) is 0.500. The topological polar surface area (TPSA) is 32.3 Å². The van der Waals surface area contributed by atoms with Gasteiger partial charge >= 0.3 is 0 Å². The maximum atomic E-state index is 10.1. The highest BCUT2D eigenvalue weighted by atomic mass is 32.2. The Morgan fingerprint density at radius 2 is 2.13 bits per heavy atom. The summed E-state index contributed by atoms with van der Waals surface area (Å²) in [5.74, 6) is 1.96. The van der Waals surface area contributed by atoms with Crippen LogP contribution in [-0.2, 0) is 6.54 Å². The van der Waals surface area contributed by atoms with E-state index in [0.29, 0.717) is 6.54 Å². The van der Waals surface area contributed by atoms with Crippen LogP contribution in [-0.4, -0.2) is 28.8 Å². The van der Waals surface area contributed by atoms with Crippen molar-refractivity contribution in [3.05, 3.63) is 35.9 Å². The van der Waals surface area contributed by atoms with E-state index in [1.165, 1.54) is 5.56 Å². The second-order valence-electron chi connectivity index (χ2n) is 4.12. The molecule has 1 aromatic carbocycles. The van der Waals surface area contributed by atoms with E-state index < -0.39 is 5.60 Å². The van der Waals surface area contributed by atoms with E-state index in [-0.39, 0.29) is 0 Å². The minimum atomic E-state index is -0.473. The first kappa shape index (κ1) is 11.0. The molecular weight excluding hydrogens is 206 g/mol. The first-order valence-corrected chi connectivity index (χ1v) is 6.49. The number of hydrogen-bond donors (Lipinski definition) is 2. The summed E-state index contributed by atoms with van der Waals surface area (Å²) in [4.78, 5) is 0. The summed E-state index contributed by atoms with van der Waals surface area (Å²) in [6, 6.07) is 10.3. The standard InChI is InChI=1S/C12H17NOS/c14-12(6-7-15-10-12)9-13-8-11-4-2-1-3-5-11/h1-5,13-14H,6-10H2. The molecule has 0 spiro atoms. The van der Waals surface area contributed by atoms with Crippen molar-refractivity contribution in [1.82, 2.24) is 5.32 Å². The predicted molar refractivity (Wildman–Crippen MR) is 65.0 cm³/mol. The lowest BCUT2D eigenvalue weighted by Gasteiger charge is -2.21. The molecule has 82 valence electrons. The summed E-state index contributed by atoms with van der Waals surface area (Å²) in [6.45, 7) is 1.54. The molecule has 1 saturated heterocycles. The molecule has 1 atom stereocenters. The molecule has 1 heterocycles. The van der Waals surface area contributed by atoms with Crippen LogP contribution in [0, 0.1) is 0 Å². The van der Waals surface area contributed by atoms with E-state index >= 15 is 0 Å². The molecule has 1 aromatic rings. The fourth-order valence-electron chi connectivity index (χ4n) is 1.77. The van der Waals surface area contributed by atoms with Gasteiger partial charge in [-0.3, -0.25) is 0 Å². The smallest absolute Gasteiger partial charge is 0.0869 e. The number of thioether (sulfide) groups is 1. The van der Waals surface area contributed by atoms with Gasteiger partial charge in [-0.05, 0) is 17.7 Å². The Balaban J connectivity index is 1.75. The Labute approximate surface area is 95.1 Å². The Morgan fingerprint density at radius 1 is 1.33 bits per heavy atom. The molecular formula is C12H17NOS. The van der Waals surface area contributed by atoms with Crippen molar-refractivity contribution in [1.29, 1.82) is 0 Å². The van der Waals surface area contributed by atoms with Crippen molar-refractivity contribution >= 4 is 11.8 Å². The molecule has 0 radical (unpaired) electrons. The zero-order chi connectivity index (χ0) is 10.6. The van der Waals surface area contributed by atoms with Gasteiger partial charge < -0.3 is 10.4 Å². The number of nitrogens with one attached hydrogen (secondary N) is 1. The largest absolute Gasteiger partial charge is 0.388 e. The number of hydrogen-bond acceptors (Lipinski definition) is 3. The quantitative estimate of drug-likeness (QED) is 0.814. The van der Waals surface area contributed by atoms with E-state index in [0.717, 1.165) is 24.5 Å². The van der Waals surface area contributed by atoms with Crippen LogP contribution >= 0.6 is 11.8 Å². The van der Waals surface area contributed by atoms with Crippen molar-refractivity contribution in [2.24, 2.45) is 0 Å². The molecule has 0 aliphatic carbocycles. The summed E-state index contributed by atoms with van der Waals surface area (Å²) in [5.41, 5.74) is 0.797. The second-order valence-corrected chi connectivity index (χ2v) is 5.22. The Morgan fingerprint density at radius 3 is 2.80 bits per heavy atom. The summed E-state index contributed by atoms with van der Waals surface area (Å²) in [7, 11) is 0. The lowest BCUT2D eigenvalue weighted by Crippen LogP contribution is -2.40. The maximum Gasteiger partial charge on any atom is 0.0869 e. The number of rotatable bonds is 4. The first-order valence-electron chi connectivity index (χ1n) is 5.33. The van der Waals surface area contributed by atoms with Crippen LogP contribution in [0.25, 0.3) is 0 Å². The summed E-state index contributed by atoms with van der Waals surface area (Å²) in [5, 5.41) is 13.4. The van der Waals surface area contributed by atoms with Gasteiger partial charge in [-0.2, -0.15) is 11.8 Å². The zero-order valence-electron chi connectivity index (χ0n) is 8.78. The molecule has 1 aliphatic heterocycles. The normalized spacial score (nSPS) is 25.7. The average Bonchev–Trinajstić information content (AvgIpc) is 2.67. The van der Waals surface area contributed by atoms with Gasteiger partial charge in [0.25, 0.3) is 0 Å². The third-order valence-corrected chi connectivity index (χ3v) is 3.94. The van der Waals surface area contributed by atoms with Gasteiger partial charge in [0.2, 0.25) is 0 Å². The lowest BCUT2D eigenvalue weighted by molar-refractivity contribution is 0.0675. The third kappa shape index (κ3) is 3.23. The SMILES string of the molecule is OC1(CNCc2ccccc2)CCSC1. The molecule has 2 rings (SSSR count). The Bertz CT molecular complexity index is 296. The van der Waals surface area contributed by atoms with Crippen molar-refractivity contribution in [3.8, 4) is 0 Å². The zero-order valence-corrected chi connectivity index (χ0v) is 9.59. The Hall–Kier alpha value is -0.510. The van der Waals surface area contributed by atoms with Gasteiger partial charge in [-0.25, -0.2) is 0 Å². The molecule has 2 nitrogen and oxygen atoms in total. The molecule has 2 N–H and O–H groups in total. The van der Waals surface area contributed by atoms with Gasteiger partial charge in [0.15, 0.2) is 0 Å². The van der Waals surface area contributed by atoms with E-state index in [4.69, 9.17) is 0 Å². The monoisotopic (exact) mass is 223 g/mol. The lowest BCUT2D eigenvalue weighted by atomic mass is 10.0. The predicted octanol–water partition coefficient (Wildman–Crippen LogP) is 1.64. The van der Waals surface area contributed by atoms with E-state index in [2.05, 4.69) is 17.4 Å². The van der Waals surface area contributed by atoms with Crippen molar-refractivity contribution in [3.63, 3.8) is 0 Å². The molecule has 3 heteroatoms. The average molecular weight is 223 g/mol. The van der Waals surface area contributed by atoms with Gasteiger partial charge in [0.1, 0.15) is 0 Å². The number of aliphatic hydroxyl groups is 1. The highest BCUT2D eigenvalue weighted by Gasteiger charge is 2.30. The Kier molecular flexibility index (Phi) is 3.67. The van der Waals surface area contributed by atoms with Crippen LogP contribution in [0.5, 0.6) is 0 Å². The second kappa shape index (κ2) is 5.01. The number of benzene rings is 1. The van der Waals surface area contributed by atoms with Gasteiger partial charge in [-0.15, -0.1) is 0 Å². The molecule has 1 fully saturated rings. The molecule has 1 unspecified atom stereocenters. The molecule has 15 heavy (non-hydrogen) atoms. The van der Waals surface area contributed by atoms with E-state index in [1.807, 2.05) is 30.0 Å². The minimum absolute atomic E-state index is 0.473. The van der Waals surface area contributed by atoms with Crippen LogP contribution < -0.4 is 5.32 Å². The van der Waals surface area contributed by atoms with Crippen LogP contribution in [0.3, 0.4) is 0 Å². The first-order chi connectivity index (χ1) is 7.29. The summed E-state index contributed by atoms with van der Waals surface area (Å²) >= 11 is 1.84. The van der Waals surface area contributed by atoms with E-state index in [1.54, 1.807) is 0 Å². The van der Waals surface area contributed by atoms with Crippen molar-refractivity contribution in [2.45, 2.75) is 18.6 Å². The molecule has 0 aromatic heterocycles.